The van der Waals surface area contributed by atoms with E-state index < -0.39 is 6.10 Å². The first-order chi connectivity index (χ1) is 16.6. The van der Waals surface area contributed by atoms with Crippen LogP contribution in [0.1, 0.15) is 155 Å². The first-order valence-electron chi connectivity index (χ1n) is 14.6. The molecule has 0 saturated carbocycles. The second-order valence-corrected chi connectivity index (χ2v) is 9.88. The number of carbonyl (C=O) groups is 2. The molecule has 0 amide bonds. The van der Waals surface area contributed by atoms with E-state index in [1.165, 1.54) is 96.3 Å². The van der Waals surface area contributed by atoms with E-state index in [1.807, 2.05) is 0 Å². The van der Waals surface area contributed by atoms with Gasteiger partial charge in [0.05, 0.1) is 0 Å². The number of ether oxygens (including phenoxy) is 2. The van der Waals surface area contributed by atoms with E-state index in [0.29, 0.717) is 12.8 Å². The third-order valence-electron chi connectivity index (χ3n) is 6.34. The van der Waals surface area contributed by atoms with Gasteiger partial charge in [-0.2, -0.15) is 0 Å². The molecule has 0 aromatic heterocycles. The molecule has 5 nitrogen and oxygen atoms in total. The molecule has 0 saturated heterocycles. The van der Waals surface area contributed by atoms with E-state index >= 15 is 0 Å². The van der Waals surface area contributed by atoms with Crippen molar-refractivity contribution in [3.8, 4) is 0 Å². The van der Waals surface area contributed by atoms with Gasteiger partial charge in [-0.25, -0.2) is 0 Å². The Morgan fingerprint density at radius 2 is 0.765 bits per heavy atom. The normalized spacial score (nSPS) is 12.0. The minimum absolute atomic E-state index is 0.109. The van der Waals surface area contributed by atoms with Crippen molar-refractivity contribution < 1.29 is 24.2 Å². The lowest BCUT2D eigenvalue weighted by molar-refractivity contribution is -0.152. The summed E-state index contributed by atoms with van der Waals surface area (Å²) in [6, 6.07) is 0. The van der Waals surface area contributed by atoms with Gasteiger partial charge >= 0.3 is 11.9 Å². The maximum absolute atomic E-state index is 11.8. The molecule has 1 atom stereocenters. The Hall–Kier alpha value is -1.10. The summed E-state index contributed by atoms with van der Waals surface area (Å²) < 4.78 is 10.2. The molecular formula is C29H56O5. The van der Waals surface area contributed by atoms with Crippen LogP contribution in [0.2, 0.25) is 0 Å². The highest BCUT2D eigenvalue weighted by Gasteiger charge is 2.12. The lowest BCUT2D eigenvalue weighted by Crippen LogP contribution is -2.25. The number of hydrogen-bond acceptors (Lipinski definition) is 5. The summed E-state index contributed by atoms with van der Waals surface area (Å²) >= 11 is 0. The Labute approximate surface area is 210 Å². The van der Waals surface area contributed by atoms with Crippen molar-refractivity contribution in [2.75, 3.05) is 13.2 Å². The van der Waals surface area contributed by atoms with Crippen LogP contribution in [-0.2, 0) is 19.1 Å². The molecule has 1 N–H and O–H groups in total. The second kappa shape index (κ2) is 26.5. The molecule has 0 aliphatic carbocycles. The highest BCUT2D eigenvalue weighted by atomic mass is 16.6. The average molecular weight is 485 g/mol. The predicted molar refractivity (Wildman–Crippen MR) is 141 cm³/mol. The minimum atomic E-state index is -0.951. The first-order valence-corrected chi connectivity index (χ1v) is 14.6. The van der Waals surface area contributed by atoms with Gasteiger partial charge in [0.1, 0.15) is 19.3 Å². The van der Waals surface area contributed by atoms with E-state index in [-0.39, 0.29) is 25.2 Å². The number of aliphatic hydroxyl groups excluding tert-OH is 1. The number of unbranched alkanes of at least 4 members (excludes halogenated alkanes) is 18. The Bertz CT molecular complexity index is 452. The van der Waals surface area contributed by atoms with Crippen LogP contribution in [0.3, 0.4) is 0 Å². The van der Waals surface area contributed by atoms with Crippen molar-refractivity contribution in [2.24, 2.45) is 0 Å². The Kier molecular flexibility index (Phi) is 25.6. The average Bonchev–Trinajstić information content (AvgIpc) is 2.83. The van der Waals surface area contributed by atoms with Crippen LogP contribution in [0, 0.1) is 0 Å². The Morgan fingerprint density at radius 1 is 0.500 bits per heavy atom. The van der Waals surface area contributed by atoms with Crippen LogP contribution in [0.4, 0.5) is 0 Å². The van der Waals surface area contributed by atoms with Crippen molar-refractivity contribution in [1.29, 1.82) is 0 Å². The number of aliphatic hydroxyl groups is 1. The summed E-state index contributed by atoms with van der Waals surface area (Å²) in [5, 5.41) is 9.88. The maximum Gasteiger partial charge on any atom is 0.305 e. The Balaban J connectivity index is 3.43. The smallest absolute Gasteiger partial charge is 0.305 e. The lowest BCUT2D eigenvalue weighted by Gasteiger charge is -2.12. The fraction of sp³-hybridized carbons (Fsp3) is 0.931. The van der Waals surface area contributed by atoms with Crippen molar-refractivity contribution in [3.05, 3.63) is 0 Å². The van der Waals surface area contributed by atoms with Crippen LogP contribution in [0.15, 0.2) is 0 Å². The summed E-state index contributed by atoms with van der Waals surface area (Å²) in [6.45, 7) is 4.25. The molecule has 34 heavy (non-hydrogen) atoms. The third kappa shape index (κ3) is 25.5. The van der Waals surface area contributed by atoms with Gasteiger partial charge in [-0.05, 0) is 12.8 Å². The molecule has 1 unspecified atom stereocenters. The molecular weight excluding hydrogens is 428 g/mol. The van der Waals surface area contributed by atoms with Gasteiger partial charge in [-0.3, -0.25) is 9.59 Å². The van der Waals surface area contributed by atoms with Crippen molar-refractivity contribution in [1.82, 2.24) is 0 Å². The SMILES string of the molecule is CCCCCCCCCCCCCC(=O)OCC(O)COC(=O)CCCCCCCCCCC. The summed E-state index contributed by atoms with van der Waals surface area (Å²) in [7, 11) is 0. The molecule has 0 spiro atoms. The zero-order chi connectivity index (χ0) is 25.1. The van der Waals surface area contributed by atoms with E-state index in [2.05, 4.69) is 13.8 Å². The first kappa shape index (κ1) is 32.9. The van der Waals surface area contributed by atoms with E-state index in [9.17, 15) is 14.7 Å². The molecule has 202 valence electrons. The van der Waals surface area contributed by atoms with Gasteiger partial charge in [0.15, 0.2) is 0 Å². The van der Waals surface area contributed by atoms with Gasteiger partial charge in [0, 0.05) is 12.8 Å². The van der Waals surface area contributed by atoms with Crippen LogP contribution < -0.4 is 0 Å². The van der Waals surface area contributed by atoms with Crippen LogP contribution in [-0.4, -0.2) is 36.4 Å². The lowest BCUT2D eigenvalue weighted by atomic mass is 10.1. The monoisotopic (exact) mass is 484 g/mol. The molecule has 0 heterocycles. The Morgan fingerprint density at radius 3 is 1.06 bits per heavy atom. The molecule has 0 aliphatic heterocycles. The van der Waals surface area contributed by atoms with Gasteiger partial charge in [-0.15, -0.1) is 0 Å². The fourth-order valence-electron chi connectivity index (χ4n) is 4.08. The van der Waals surface area contributed by atoms with Gasteiger partial charge in [0.25, 0.3) is 0 Å². The van der Waals surface area contributed by atoms with Crippen LogP contribution in [0.5, 0.6) is 0 Å². The van der Waals surface area contributed by atoms with Gasteiger partial charge in [0.2, 0.25) is 0 Å². The topological polar surface area (TPSA) is 72.8 Å². The zero-order valence-electron chi connectivity index (χ0n) is 22.6. The predicted octanol–water partition coefficient (Wildman–Crippen LogP) is 8.06. The third-order valence-corrected chi connectivity index (χ3v) is 6.34. The number of rotatable bonds is 26. The zero-order valence-corrected chi connectivity index (χ0v) is 22.6. The summed E-state index contributed by atoms with van der Waals surface area (Å²) in [5.74, 6) is -0.565. The highest BCUT2D eigenvalue weighted by Crippen LogP contribution is 2.13. The number of carbonyl (C=O) groups excluding carboxylic acids is 2. The van der Waals surface area contributed by atoms with Crippen LogP contribution >= 0.6 is 0 Å². The second-order valence-electron chi connectivity index (χ2n) is 9.88. The molecule has 5 heteroatoms. The highest BCUT2D eigenvalue weighted by molar-refractivity contribution is 5.69. The summed E-state index contributed by atoms with van der Waals surface area (Å²) in [4.78, 5) is 23.6. The number of esters is 2. The fourth-order valence-corrected chi connectivity index (χ4v) is 4.08. The van der Waals surface area contributed by atoms with Crippen LogP contribution in [0.25, 0.3) is 0 Å². The molecule has 0 aromatic rings. The van der Waals surface area contributed by atoms with Gasteiger partial charge in [-0.1, -0.05) is 129 Å². The van der Waals surface area contributed by atoms with Crippen molar-refractivity contribution in [2.45, 2.75) is 161 Å². The number of hydrogen-bond donors (Lipinski definition) is 1. The van der Waals surface area contributed by atoms with E-state index in [0.717, 1.165) is 32.1 Å². The molecule has 0 aliphatic rings. The van der Waals surface area contributed by atoms with Gasteiger partial charge < -0.3 is 14.6 Å². The van der Waals surface area contributed by atoms with Crippen molar-refractivity contribution in [3.63, 3.8) is 0 Å². The minimum Gasteiger partial charge on any atom is -0.463 e. The molecule has 0 radical (unpaired) electrons. The van der Waals surface area contributed by atoms with E-state index in [4.69, 9.17) is 9.47 Å². The van der Waals surface area contributed by atoms with Crippen molar-refractivity contribution >= 4 is 11.9 Å². The molecule has 0 bridgehead atoms. The quantitative estimate of drug-likeness (QED) is 0.0992. The standard InChI is InChI=1S/C29H56O5/c1-3-5-7-9-11-13-14-16-18-20-22-24-29(32)34-26-27(30)25-33-28(31)23-21-19-17-15-12-10-8-6-4-2/h27,30H,3-26H2,1-2H3. The molecule has 0 rings (SSSR count). The molecule has 0 aromatic carbocycles. The maximum atomic E-state index is 11.8. The molecule has 0 fully saturated rings. The summed E-state index contributed by atoms with van der Waals surface area (Å²) in [5.41, 5.74) is 0. The largest absolute Gasteiger partial charge is 0.463 e. The summed E-state index contributed by atoms with van der Waals surface area (Å²) in [6.07, 6.45) is 24.3. The van der Waals surface area contributed by atoms with E-state index in [1.54, 1.807) is 0 Å².